The lowest BCUT2D eigenvalue weighted by Gasteiger charge is -2.36. The number of benzene rings is 4. The molecule has 7 nitrogen and oxygen atoms in total. The van der Waals surface area contributed by atoms with Crippen LogP contribution in [-0.4, -0.2) is 43.3 Å². The summed E-state index contributed by atoms with van der Waals surface area (Å²) in [6.07, 6.45) is 0.173. The van der Waals surface area contributed by atoms with Crippen molar-refractivity contribution in [2.75, 3.05) is 10.8 Å². The molecule has 236 valence electrons. The van der Waals surface area contributed by atoms with Crippen molar-refractivity contribution >= 4 is 50.7 Å². The third-order valence-corrected chi connectivity index (χ3v) is 9.64. The molecule has 0 aliphatic heterocycles. The number of nitrogens with zero attached hydrogens (tertiary/aromatic N) is 2. The van der Waals surface area contributed by atoms with Crippen molar-refractivity contribution in [2.45, 2.75) is 57.1 Å². The number of hydrogen-bond acceptors (Lipinski definition) is 4. The summed E-state index contributed by atoms with van der Waals surface area (Å²) in [5.41, 5.74) is 1.68. The van der Waals surface area contributed by atoms with E-state index in [4.69, 9.17) is 23.2 Å². The van der Waals surface area contributed by atoms with Gasteiger partial charge in [-0.3, -0.25) is 13.9 Å². The number of carbonyl (C=O) groups is 2. The molecule has 0 spiro atoms. The van der Waals surface area contributed by atoms with Crippen LogP contribution in [0.3, 0.4) is 0 Å². The van der Waals surface area contributed by atoms with Gasteiger partial charge in [0.15, 0.2) is 0 Å². The van der Waals surface area contributed by atoms with Crippen molar-refractivity contribution in [3.05, 3.63) is 130 Å². The molecule has 0 bridgehead atoms. The number of hydrogen-bond donors (Lipinski definition) is 1. The third-order valence-electron chi connectivity index (χ3n) is 7.15. The second kappa shape index (κ2) is 14.5. The lowest BCUT2D eigenvalue weighted by Crippen LogP contribution is -2.56. The lowest BCUT2D eigenvalue weighted by atomic mass is 10.0. The Kier molecular flexibility index (Phi) is 11.0. The fourth-order valence-corrected chi connectivity index (χ4v) is 6.95. The first-order valence-electron chi connectivity index (χ1n) is 14.5. The molecule has 1 atom stereocenters. The van der Waals surface area contributed by atoms with Crippen molar-refractivity contribution in [1.82, 2.24) is 10.2 Å². The minimum Gasteiger partial charge on any atom is -0.350 e. The van der Waals surface area contributed by atoms with Gasteiger partial charge in [-0.05, 0) is 69.2 Å². The molecule has 0 saturated heterocycles. The van der Waals surface area contributed by atoms with Gasteiger partial charge in [-0.25, -0.2) is 8.42 Å². The number of para-hydroxylation sites is 1. The largest absolute Gasteiger partial charge is 0.350 e. The Hall–Kier alpha value is -3.85. The van der Waals surface area contributed by atoms with Gasteiger partial charge in [0.1, 0.15) is 12.6 Å². The van der Waals surface area contributed by atoms with Crippen LogP contribution in [0.15, 0.2) is 108 Å². The number of halogens is 2. The maximum atomic E-state index is 14.6. The highest BCUT2D eigenvalue weighted by molar-refractivity contribution is 7.92. The average Bonchev–Trinajstić information content (AvgIpc) is 2.99. The Bertz CT molecular complexity index is 1720. The van der Waals surface area contributed by atoms with Gasteiger partial charge in [0.25, 0.3) is 10.0 Å². The number of anilines is 1. The van der Waals surface area contributed by atoms with Gasteiger partial charge in [0.2, 0.25) is 11.8 Å². The molecule has 2 amide bonds. The van der Waals surface area contributed by atoms with Crippen LogP contribution in [0.1, 0.15) is 37.5 Å². The Morgan fingerprint density at radius 3 is 1.93 bits per heavy atom. The number of sulfonamides is 1. The van der Waals surface area contributed by atoms with Crippen LogP contribution in [0.5, 0.6) is 0 Å². The molecule has 10 heteroatoms. The summed E-state index contributed by atoms with van der Waals surface area (Å²) in [7, 11) is -4.19. The smallest absolute Gasteiger partial charge is 0.264 e. The Morgan fingerprint density at radius 1 is 0.800 bits per heavy atom. The van der Waals surface area contributed by atoms with Gasteiger partial charge in [-0.15, -0.1) is 0 Å². The van der Waals surface area contributed by atoms with Crippen LogP contribution in [0, 0.1) is 6.92 Å². The van der Waals surface area contributed by atoms with Crippen molar-refractivity contribution in [3.63, 3.8) is 0 Å². The van der Waals surface area contributed by atoms with Crippen LogP contribution in [-0.2, 0) is 32.6 Å². The summed E-state index contributed by atoms with van der Waals surface area (Å²) in [4.78, 5) is 30.0. The second-order valence-corrected chi connectivity index (χ2v) is 14.5. The monoisotopic (exact) mass is 665 g/mol. The van der Waals surface area contributed by atoms with Gasteiger partial charge in [0.05, 0.1) is 10.6 Å². The van der Waals surface area contributed by atoms with Gasteiger partial charge in [-0.1, -0.05) is 96.0 Å². The highest BCUT2D eigenvalue weighted by Crippen LogP contribution is 2.30. The normalized spacial score (nSPS) is 12.3. The van der Waals surface area contributed by atoms with E-state index in [-0.39, 0.29) is 17.9 Å². The van der Waals surface area contributed by atoms with E-state index in [2.05, 4.69) is 5.32 Å². The van der Waals surface area contributed by atoms with E-state index in [1.807, 2.05) is 51.1 Å². The molecule has 4 aromatic rings. The Labute approximate surface area is 275 Å². The minimum absolute atomic E-state index is 0.0352. The molecule has 1 unspecified atom stereocenters. The molecule has 4 rings (SSSR count). The van der Waals surface area contributed by atoms with Crippen LogP contribution >= 0.6 is 23.2 Å². The fraction of sp³-hybridized carbons (Fsp3) is 0.257. The molecule has 0 radical (unpaired) electrons. The van der Waals surface area contributed by atoms with Gasteiger partial charge in [-0.2, -0.15) is 0 Å². The summed E-state index contributed by atoms with van der Waals surface area (Å²) in [6.45, 7) is 6.65. The van der Waals surface area contributed by atoms with Crippen molar-refractivity contribution in [3.8, 4) is 0 Å². The topological polar surface area (TPSA) is 86.8 Å². The number of nitrogens with one attached hydrogen (secondary N) is 1. The highest BCUT2D eigenvalue weighted by Gasteiger charge is 2.36. The average molecular weight is 667 g/mol. The van der Waals surface area contributed by atoms with Gasteiger partial charge >= 0.3 is 0 Å². The van der Waals surface area contributed by atoms with Crippen LogP contribution in [0.2, 0.25) is 10.0 Å². The lowest BCUT2D eigenvalue weighted by molar-refractivity contribution is -0.140. The zero-order valence-corrected chi connectivity index (χ0v) is 28.0. The zero-order chi connectivity index (χ0) is 32.8. The van der Waals surface area contributed by atoms with Crippen LogP contribution in [0.4, 0.5) is 5.69 Å². The number of rotatable bonds is 11. The summed E-state index contributed by atoms with van der Waals surface area (Å²) >= 11 is 13.1. The Balaban J connectivity index is 1.86. The standard InChI is InChI=1S/C35H37Cl2N3O4S/c1-25-14-11-12-21-31(25)40(45(43,44)27-17-9-6-10-18-27)24-33(41)39(23-28-29(36)19-13-20-30(28)37)32(34(42)38-35(2,3)4)22-26-15-7-5-8-16-26/h5-21,32H,22-24H2,1-4H3,(H,38,42). The highest BCUT2D eigenvalue weighted by atomic mass is 35.5. The first-order valence-corrected chi connectivity index (χ1v) is 16.7. The predicted octanol–water partition coefficient (Wildman–Crippen LogP) is 7.05. The molecule has 45 heavy (non-hydrogen) atoms. The summed E-state index contributed by atoms with van der Waals surface area (Å²) in [5, 5.41) is 3.65. The quantitative estimate of drug-likeness (QED) is 0.186. The summed E-state index contributed by atoms with van der Waals surface area (Å²) in [5.74, 6) is -0.991. The van der Waals surface area contributed by atoms with E-state index in [1.54, 1.807) is 67.6 Å². The molecule has 4 aromatic carbocycles. The van der Waals surface area contributed by atoms with E-state index < -0.39 is 40.0 Å². The third kappa shape index (κ3) is 8.66. The van der Waals surface area contributed by atoms with Crippen LogP contribution in [0.25, 0.3) is 0 Å². The molecule has 0 aliphatic carbocycles. The molecular weight excluding hydrogens is 629 g/mol. The molecule has 0 fully saturated rings. The van der Waals surface area contributed by atoms with Crippen molar-refractivity contribution in [2.24, 2.45) is 0 Å². The Morgan fingerprint density at radius 2 is 1.36 bits per heavy atom. The first kappa shape index (κ1) is 34.0. The predicted molar refractivity (Wildman–Crippen MR) is 181 cm³/mol. The van der Waals surface area contributed by atoms with Crippen molar-refractivity contribution in [1.29, 1.82) is 0 Å². The van der Waals surface area contributed by atoms with E-state index in [9.17, 15) is 18.0 Å². The number of aryl methyl sites for hydroxylation is 1. The number of amides is 2. The first-order chi connectivity index (χ1) is 21.3. The number of carbonyl (C=O) groups excluding carboxylic acids is 2. The molecule has 0 heterocycles. The van der Waals surface area contributed by atoms with Gasteiger partial charge in [0, 0.05) is 34.1 Å². The molecule has 0 aliphatic rings. The van der Waals surface area contributed by atoms with E-state index in [0.29, 0.717) is 26.9 Å². The second-order valence-electron chi connectivity index (χ2n) is 11.8. The molecule has 1 N–H and O–H groups in total. The minimum atomic E-state index is -4.19. The van der Waals surface area contributed by atoms with Crippen molar-refractivity contribution < 1.29 is 18.0 Å². The summed E-state index contributed by atoms with van der Waals surface area (Å²) in [6, 6.07) is 28.2. The van der Waals surface area contributed by atoms with E-state index in [1.165, 1.54) is 17.0 Å². The van der Waals surface area contributed by atoms with E-state index in [0.717, 1.165) is 9.87 Å². The van der Waals surface area contributed by atoms with Crippen LogP contribution < -0.4 is 9.62 Å². The fourth-order valence-electron chi connectivity index (χ4n) is 4.94. The SMILES string of the molecule is Cc1ccccc1N(CC(=O)N(Cc1c(Cl)cccc1Cl)C(Cc1ccccc1)C(=O)NC(C)(C)C)S(=O)(=O)c1ccccc1. The van der Waals surface area contributed by atoms with E-state index >= 15 is 0 Å². The maximum Gasteiger partial charge on any atom is 0.264 e. The molecule has 0 aromatic heterocycles. The molecular formula is C35H37Cl2N3O4S. The summed E-state index contributed by atoms with van der Waals surface area (Å²) < 4.78 is 29.4. The zero-order valence-electron chi connectivity index (χ0n) is 25.7. The van der Waals surface area contributed by atoms with Gasteiger partial charge < -0.3 is 10.2 Å². The molecule has 0 saturated carbocycles. The maximum absolute atomic E-state index is 14.6.